The Morgan fingerprint density at radius 3 is 2.20 bits per heavy atom. The van der Waals surface area contributed by atoms with E-state index in [2.05, 4.69) is 5.32 Å². The van der Waals surface area contributed by atoms with E-state index in [-0.39, 0.29) is 22.8 Å². The van der Waals surface area contributed by atoms with Crippen molar-refractivity contribution in [3.05, 3.63) is 0 Å². The van der Waals surface area contributed by atoms with Crippen LogP contribution < -0.4 is 5.32 Å². The third-order valence-corrected chi connectivity index (χ3v) is 7.04. The van der Waals surface area contributed by atoms with Crippen molar-refractivity contribution in [2.24, 2.45) is 5.92 Å². The maximum atomic E-state index is 12.2. The number of carbonyl (C=O) groups excluding carboxylic acids is 1. The molecule has 2 aliphatic carbocycles. The molecule has 0 unspecified atom stereocenters. The van der Waals surface area contributed by atoms with E-state index in [9.17, 15) is 13.2 Å². The van der Waals surface area contributed by atoms with Gasteiger partial charge in [-0.1, -0.05) is 32.1 Å². The molecule has 0 aromatic carbocycles. The van der Waals surface area contributed by atoms with Crippen LogP contribution in [-0.2, 0) is 14.6 Å². The molecule has 0 aromatic rings. The van der Waals surface area contributed by atoms with E-state index in [1.165, 1.54) is 6.42 Å². The number of nitrogens with one attached hydrogen (secondary N) is 1. The number of sulfone groups is 1. The minimum absolute atomic E-state index is 0.123. The van der Waals surface area contributed by atoms with Crippen LogP contribution >= 0.6 is 0 Å². The summed E-state index contributed by atoms with van der Waals surface area (Å²) in [5.41, 5.74) is 0. The van der Waals surface area contributed by atoms with Gasteiger partial charge in [0.1, 0.15) is 0 Å². The second kappa shape index (κ2) is 7.43. The van der Waals surface area contributed by atoms with Gasteiger partial charge in [0.05, 0.1) is 11.0 Å². The summed E-state index contributed by atoms with van der Waals surface area (Å²) in [5, 5.41) is 2.77. The topological polar surface area (TPSA) is 63.2 Å². The van der Waals surface area contributed by atoms with E-state index in [0.29, 0.717) is 13.0 Å². The van der Waals surface area contributed by atoms with Crippen LogP contribution in [0.4, 0.5) is 0 Å². The summed E-state index contributed by atoms with van der Waals surface area (Å²) in [6.07, 6.45) is 9.75. The third kappa shape index (κ3) is 4.47. The lowest BCUT2D eigenvalue weighted by Crippen LogP contribution is -2.32. The second-order valence-corrected chi connectivity index (χ2v) is 8.65. The highest BCUT2D eigenvalue weighted by Crippen LogP contribution is 2.25. The van der Waals surface area contributed by atoms with Crippen molar-refractivity contribution in [2.45, 2.75) is 69.5 Å². The number of carbonyl (C=O) groups is 1. The number of rotatable bonds is 6. The van der Waals surface area contributed by atoms with Gasteiger partial charge in [-0.25, -0.2) is 8.42 Å². The molecule has 4 nitrogen and oxygen atoms in total. The Morgan fingerprint density at radius 1 is 0.950 bits per heavy atom. The lowest BCUT2D eigenvalue weighted by atomic mass is 10.0. The molecule has 0 atom stereocenters. The molecule has 2 saturated carbocycles. The first-order valence-electron chi connectivity index (χ1n) is 8.09. The van der Waals surface area contributed by atoms with E-state index in [0.717, 1.165) is 51.4 Å². The van der Waals surface area contributed by atoms with E-state index in [4.69, 9.17) is 0 Å². The largest absolute Gasteiger partial charge is 0.356 e. The minimum Gasteiger partial charge on any atom is -0.356 e. The van der Waals surface area contributed by atoms with Gasteiger partial charge in [0.15, 0.2) is 9.84 Å². The highest BCUT2D eigenvalue weighted by Gasteiger charge is 2.27. The highest BCUT2D eigenvalue weighted by molar-refractivity contribution is 7.92. The first-order chi connectivity index (χ1) is 9.59. The molecule has 1 amide bonds. The average molecular weight is 301 g/mol. The Labute approximate surface area is 122 Å². The molecule has 0 heterocycles. The van der Waals surface area contributed by atoms with Crippen LogP contribution in [0.1, 0.15) is 64.2 Å². The molecule has 0 aromatic heterocycles. The van der Waals surface area contributed by atoms with Crippen molar-refractivity contribution in [3.63, 3.8) is 0 Å². The molecule has 0 radical (unpaired) electrons. The molecule has 1 N–H and O–H groups in total. The molecule has 0 saturated heterocycles. The van der Waals surface area contributed by atoms with Crippen LogP contribution in [0, 0.1) is 5.92 Å². The predicted molar refractivity (Wildman–Crippen MR) is 80.2 cm³/mol. The Balaban J connectivity index is 1.65. The van der Waals surface area contributed by atoms with Gasteiger partial charge in [0.25, 0.3) is 0 Å². The summed E-state index contributed by atoms with van der Waals surface area (Å²) in [6, 6.07) is 0. The maximum Gasteiger partial charge on any atom is 0.223 e. The van der Waals surface area contributed by atoms with Crippen molar-refractivity contribution >= 4 is 15.7 Å². The Morgan fingerprint density at radius 2 is 1.55 bits per heavy atom. The van der Waals surface area contributed by atoms with Gasteiger partial charge in [0.2, 0.25) is 5.91 Å². The first kappa shape index (κ1) is 15.8. The van der Waals surface area contributed by atoms with Crippen LogP contribution in [0.15, 0.2) is 0 Å². The van der Waals surface area contributed by atoms with E-state index in [1.54, 1.807) is 0 Å². The van der Waals surface area contributed by atoms with Gasteiger partial charge in [-0.3, -0.25) is 4.79 Å². The summed E-state index contributed by atoms with van der Waals surface area (Å²) in [5.74, 6) is 0.519. The molecule has 2 fully saturated rings. The van der Waals surface area contributed by atoms with Crippen LogP contribution in [0.2, 0.25) is 0 Å². The lowest BCUT2D eigenvalue weighted by Gasteiger charge is -2.21. The molecule has 116 valence electrons. The number of amides is 1. The molecule has 5 heteroatoms. The van der Waals surface area contributed by atoms with Gasteiger partial charge in [-0.15, -0.1) is 0 Å². The monoisotopic (exact) mass is 301 g/mol. The van der Waals surface area contributed by atoms with Gasteiger partial charge >= 0.3 is 0 Å². The molecule has 0 aliphatic heterocycles. The zero-order chi connectivity index (χ0) is 14.4. The molecule has 2 rings (SSSR count). The quantitative estimate of drug-likeness (QED) is 0.766. The van der Waals surface area contributed by atoms with Crippen LogP contribution in [0.5, 0.6) is 0 Å². The van der Waals surface area contributed by atoms with Gasteiger partial charge in [0, 0.05) is 12.5 Å². The van der Waals surface area contributed by atoms with Crippen LogP contribution in [0.25, 0.3) is 0 Å². The Hall–Kier alpha value is -0.580. The predicted octanol–water partition coefficient (Wildman–Crippen LogP) is 2.43. The van der Waals surface area contributed by atoms with E-state index < -0.39 is 9.84 Å². The van der Waals surface area contributed by atoms with Crippen molar-refractivity contribution in [2.75, 3.05) is 12.3 Å². The zero-order valence-electron chi connectivity index (χ0n) is 12.3. The van der Waals surface area contributed by atoms with Crippen molar-refractivity contribution in [1.82, 2.24) is 5.32 Å². The normalized spacial score (nSPS) is 22.0. The van der Waals surface area contributed by atoms with Gasteiger partial charge in [-0.2, -0.15) is 0 Å². The van der Waals surface area contributed by atoms with Crippen LogP contribution in [-0.4, -0.2) is 31.9 Å². The standard InChI is InChI=1S/C15H27NO3S/c17-15(13-7-4-5-8-13)16-11-6-12-20(18,19)14-9-2-1-3-10-14/h13-14H,1-12H2,(H,16,17). The summed E-state index contributed by atoms with van der Waals surface area (Å²) >= 11 is 0. The Kier molecular flexibility index (Phi) is 5.87. The fraction of sp³-hybridized carbons (Fsp3) is 0.933. The Bertz CT molecular complexity index is 407. The number of hydrogen-bond donors (Lipinski definition) is 1. The summed E-state index contributed by atoms with van der Waals surface area (Å²) in [6.45, 7) is 0.501. The van der Waals surface area contributed by atoms with E-state index in [1.807, 2.05) is 0 Å². The molecular weight excluding hydrogens is 274 g/mol. The van der Waals surface area contributed by atoms with Crippen LogP contribution in [0.3, 0.4) is 0 Å². The zero-order valence-corrected chi connectivity index (χ0v) is 13.1. The lowest BCUT2D eigenvalue weighted by molar-refractivity contribution is -0.124. The van der Waals surface area contributed by atoms with Crippen molar-refractivity contribution < 1.29 is 13.2 Å². The third-order valence-electron chi connectivity index (χ3n) is 4.69. The average Bonchev–Trinajstić information content (AvgIpc) is 2.98. The second-order valence-electron chi connectivity index (χ2n) is 6.25. The highest BCUT2D eigenvalue weighted by atomic mass is 32.2. The minimum atomic E-state index is -2.95. The summed E-state index contributed by atoms with van der Waals surface area (Å²) in [4.78, 5) is 11.8. The van der Waals surface area contributed by atoms with Crippen molar-refractivity contribution in [3.8, 4) is 0 Å². The fourth-order valence-corrected chi connectivity index (χ4v) is 5.34. The van der Waals surface area contributed by atoms with E-state index >= 15 is 0 Å². The number of hydrogen-bond acceptors (Lipinski definition) is 3. The summed E-state index contributed by atoms with van der Waals surface area (Å²) in [7, 11) is -2.95. The fourth-order valence-electron chi connectivity index (χ4n) is 3.41. The smallest absolute Gasteiger partial charge is 0.223 e. The van der Waals surface area contributed by atoms with Gasteiger partial charge < -0.3 is 5.32 Å². The molecule has 0 spiro atoms. The van der Waals surface area contributed by atoms with Gasteiger partial charge in [-0.05, 0) is 32.1 Å². The SMILES string of the molecule is O=C(NCCCS(=O)(=O)C1CCCCC1)C1CCCC1. The molecule has 20 heavy (non-hydrogen) atoms. The molecular formula is C15H27NO3S. The first-order valence-corrected chi connectivity index (χ1v) is 9.80. The molecule has 0 bridgehead atoms. The van der Waals surface area contributed by atoms with Crippen molar-refractivity contribution in [1.29, 1.82) is 0 Å². The molecule has 2 aliphatic rings. The maximum absolute atomic E-state index is 12.2. The summed E-state index contributed by atoms with van der Waals surface area (Å²) < 4.78 is 24.3.